The zero-order chi connectivity index (χ0) is 12.3. The van der Waals surface area contributed by atoms with Gasteiger partial charge in [0, 0.05) is 5.56 Å². The van der Waals surface area contributed by atoms with Gasteiger partial charge in [-0.3, -0.25) is 0 Å². The smallest absolute Gasteiger partial charge is 0.263 e. The maximum atomic E-state index is 5.96. The van der Waals surface area contributed by atoms with E-state index in [1.165, 1.54) is 17.2 Å². The van der Waals surface area contributed by atoms with Crippen molar-refractivity contribution < 1.29 is 0 Å². The second-order valence-electron chi connectivity index (χ2n) is 3.07. The fraction of sp³-hybridized carbons (Fsp3) is 0. The molecule has 1 aromatic heterocycles. The summed E-state index contributed by atoms with van der Waals surface area (Å²) < 4.78 is 1.20. The van der Waals surface area contributed by atoms with Crippen molar-refractivity contribution in [3.63, 3.8) is 0 Å². The first-order chi connectivity index (χ1) is 8.18. The van der Waals surface area contributed by atoms with Crippen LogP contribution in [0.15, 0.2) is 29.6 Å². The predicted molar refractivity (Wildman–Crippen MR) is 67.9 cm³/mol. The van der Waals surface area contributed by atoms with Crippen molar-refractivity contribution >= 4 is 35.4 Å². The van der Waals surface area contributed by atoms with Crippen LogP contribution in [0.3, 0.4) is 0 Å². The minimum atomic E-state index is 0.310. The molecule has 0 fully saturated rings. The van der Waals surface area contributed by atoms with Gasteiger partial charge < -0.3 is 5.84 Å². The van der Waals surface area contributed by atoms with Gasteiger partial charge in [0.05, 0.1) is 16.3 Å². The molecule has 0 saturated carbocycles. The number of hydrazone groups is 1. The van der Waals surface area contributed by atoms with E-state index in [9.17, 15) is 0 Å². The van der Waals surface area contributed by atoms with E-state index in [-0.39, 0.29) is 0 Å². The van der Waals surface area contributed by atoms with Crippen molar-refractivity contribution in [3.05, 3.63) is 40.1 Å². The largest absolute Gasteiger partial charge is 0.335 e. The fourth-order valence-corrected chi connectivity index (χ4v) is 1.61. The van der Waals surface area contributed by atoms with Crippen LogP contribution in [0.25, 0.3) is 0 Å². The van der Waals surface area contributed by atoms with Gasteiger partial charge in [-0.25, -0.2) is 10.1 Å². The van der Waals surface area contributed by atoms with Gasteiger partial charge in [0.1, 0.15) is 6.33 Å². The second kappa shape index (κ2) is 5.03. The third-order valence-corrected chi connectivity index (χ3v) is 2.59. The zero-order valence-corrected chi connectivity index (χ0v) is 10.0. The molecule has 0 aliphatic carbocycles. The van der Waals surface area contributed by atoms with Gasteiger partial charge in [0.15, 0.2) is 0 Å². The van der Waals surface area contributed by atoms with E-state index in [2.05, 4.69) is 20.7 Å². The highest BCUT2D eigenvalue weighted by atomic mass is 35.5. The van der Waals surface area contributed by atoms with Crippen molar-refractivity contribution in [3.8, 4) is 0 Å². The van der Waals surface area contributed by atoms with Crippen molar-refractivity contribution in [2.45, 2.75) is 0 Å². The van der Waals surface area contributed by atoms with E-state index in [4.69, 9.17) is 29.0 Å². The molecule has 17 heavy (non-hydrogen) atoms. The fourth-order valence-electron chi connectivity index (χ4n) is 1.11. The summed E-state index contributed by atoms with van der Waals surface area (Å²) >= 11 is 11.9. The molecule has 3 N–H and O–H groups in total. The zero-order valence-electron chi connectivity index (χ0n) is 8.51. The summed E-state index contributed by atoms with van der Waals surface area (Å²) in [6.45, 7) is 0. The first-order valence-electron chi connectivity index (χ1n) is 4.56. The Bertz CT molecular complexity index is 530. The molecule has 6 nitrogen and oxygen atoms in total. The summed E-state index contributed by atoms with van der Waals surface area (Å²) in [5, 5.41) is 12.2. The number of halogens is 2. The van der Waals surface area contributed by atoms with Crippen LogP contribution in [0.4, 0.5) is 5.95 Å². The quantitative estimate of drug-likeness (QED) is 0.506. The molecule has 0 unspecified atom stereocenters. The molecular formula is C9H8Cl2N6. The van der Waals surface area contributed by atoms with E-state index in [0.717, 1.165) is 0 Å². The second-order valence-corrected chi connectivity index (χ2v) is 3.88. The molecule has 0 saturated heterocycles. The Kier molecular flexibility index (Phi) is 3.46. The van der Waals surface area contributed by atoms with Crippen LogP contribution >= 0.6 is 23.2 Å². The monoisotopic (exact) mass is 270 g/mol. The molecule has 0 radical (unpaired) electrons. The van der Waals surface area contributed by atoms with Gasteiger partial charge in [-0.2, -0.15) is 5.10 Å². The number of rotatable bonds is 3. The van der Waals surface area contributed by atoms with Gasteiger partial charge in [0.2, 0.25) is 0 Å². The molecule has 0 amide bonds. The van der Waals surface area contributed by atoms with Crippen LogP contribution < -0.4 is 11.3 Å². The first kappa shape index (κ1) is 11.7. The summed E-state index contributed by atoms with van der Waals surface area (Å²) in [7, 11) is 0. The Labute approximate surface area is 107 Å². The van der Waals surface area contributed by atoms with E-state index in [0.29, 0.717) is 21.6 Å². The summed E-state index contributed by atoms with van der Waals surface area (Å²) in [6.07, 6.45) is 2.83. The van der Waals surface area contributed by atoms with Crippen LogP contribution in [-0.4, -0.2) is 21.1 Å². The van der Waals surface area contributed by atoms with Crippen LogP contribution in [-0.2, 0) is 0 Å². The number of nitrogen functional groups attached to an aromatic ring is 1. The average molecular weight is 271 g/mol. The van der Waals surface area contributed by atoms with E-state index in [1.54, 1.807) is 18.2 Å². The molecule has 0 bridgehead atoms. The number of nitrogens with one attached hydrogen (secondary N) is 1. The van der Waals surface area contributed by atoms with Gasteiger partial charge in [-0.05, 0) is 12.1 Å². The van der Waals surface area contributed by atoms with E-state index < -0.39 is 0 Å². The number of hydrogen-bond acceptors (Lipinski definition) is 5. The number of nitrogens with two attached hydrogens (primary N) is 1. The lowest BCUT2D eigenvalue weighted by molar-refractivity contribution is 0.988. The van der Waals surface area contributed by atoms with Gasteiger partial charge in [0.25, 0.3) is 5.95 Å². The summed E-state index contributed by atoms with van der Waals surface area (Å²) in [6, 6.07) is 5.20. The summed E-state index contributed by atoms with van der Waals surface area (Å²) in [4.78, 5) is 0. The summed E-state index contributed by atoms with van der Waals surface area (Å²) in [5.74, 6) is 5.79. The SMILES string of the molecule is Nn1cnnc1N/N=C/c1c(Cl)cccc1Cl. The van der Waals surface area contributed by atoms with Gasteiger partial charge >= 0.3 is 0 Å². The molecule has 0 spiro atoms. The molecular weight excluding hydrogens is 263 g/mol. The maximum Gasteiger partial charge on any atom is 0.263 e. The number of hydrogen-bond donors (Lipinski definition) is 2. The standard InChI is InChI=1S/C9H8Cl2N6/c10-7-2-1-3-8(11)6(7)4-13-15-9-16-14-5-17(9)12/h1-5H,12H2,(H,15,16)/b13-4+. The molecule has 1 aromatic carbocycles. The Balaban J connectivity index is 2.14. The molecule has 2 aromatic rings. The van der Waals surface area contributed by atoms with E-state index in [1.807, 2.05) is 0 Å². The van der Waals surface area contributed by atoms with Crippen molar-refractivity contribution in [2.75, 3.05) is 11.3 Å². The molecule has 0 aliphatic heterocycles. The van der Waals surface area contributed by atoms with Gasteiger partial charge in [-0.1, -0.05) is 29.3 Å². The number of aromatic nitrogens is 3. The average Bonchev–Trinajstić information content (AvgIpc) is 2.69. The van der Waals surface area contributed by atoms with Crippen LogP contribution in [0.2, 0.25) is 10.0 Å². The maximum absolute atomic E-state index is 5.96. The normalized spacial score (nSPS) is 10.9. The Morgan fingerprint density at radius 1 is 1.35 bits per heavy atom. The van der Waals surface area contributed by atoms with Crippen molar-refractivity contribution in [1.82, 2.24) is 14.9 Å². The van der Waals surface area contributed by atoms with Crippen molar-refractivity contribution in [1.29, 1.82) is 0 Å². The number of anilines is 1. The van der Waals surface area contributed by atoms with Crippen molar-refractivity contribution in [2.24, 2.45) is 5.10 Å². The Hall–Kier alpha value is -1.79. The number of nitrogens with zero attached hydrogens (tertiary/aromatic N) is 4. The lowest BCUT2D eigenvalue weighted by atomic mass is 10.2. The third kappa shape index (κ3) is 2.66. The lowest BCUT2D eigenvalue weighted by Crippen LogP contribution is -2.10. The van der Waals surface area contributed by atoms with E-state index >= 15 is 0 Å². The minimum Gasteiger partial charge on any atom is -0.335 e. The van der Waals surface area contributed by atoms with Crippen LogP contribution in [0.5, 0.6) is 0 Å². The molecule has 88 valence electrons. The highest BCUT2D eigenvalue weighted by Gasteiger charge is 2.02. The lowest BCUT2D eigenvalue weighted by Gasteiger charge is -2.01. The molecule has 0 aliphatic rings. The summed E-state index contributed by atoms with van der Waals surface area (Å²) in [5.41, 5.74) is 3.23. The highest BCUT2D eigenvalue weighted by molar-refractivity contribution is 6.38. The molecule has 0 atom stereocenters. The number of benzene rings is 1. The molecule has 8 heteroatoms. The Morgan fingerprint density at radius 2 is 2.06 bits per heavy atom. The van der Waals surface area contributed by atoms with Crippen LogP contribution in [0, 0.1) is 0 Å². The first-order valence-corrected chi connectivity index (χ1v) is 5.32. The van der Waals surface area contributed by atoms with Crippen LogP contribution in [0.1, 0.15) is 5.56 Å². The third-order valence-electron chi connectivity index (χ3n) is 1.93. The Morgan fingerprint density at radius 3 is 2.65 bits per heavy atom. The van der Waals surface area contributed by atoms with Gasteiger partial charge in [-0.15, -0.1) is 10.2 Å². The highest BCUT2D eigenvalue weighted by Crippen LogP contribution is 2.22. The topological polar surface area (TPSA) is 81.1 Å². The minimum absolute atomic E-state index is 0.310. The molecule has 2 rings (SSSR count). The molecule has 1 heterocycles. The predicted octanol–water partition coefficient (Wildman–Crippen LogP) is 1.74.